The van der Waals surface area contributed by atoms with Gasteiger partial charge in [0.1, 0.15) is 13.2 Å². The number of likely N-dealkylation sites (N-methyl/N-ethyl adjacent to an activating group) is 1. The Morgan fingerprint density at radius 3 is 0.842 bits per heavy atom. The predicted octanol–water partition coefficient (Wildman–Crippen LogP) is 28.3. The highest BCUT2D eigenvalue weighted by Crippen LogP contribution is 2.20. The van der Waals surface area contributed by atoms with Gasteiger partial charge in [0, 0.05) is 12.8 Å². The maximum atomic E-state index is 13.0. The number of carboxylic acids is 1. The summed E-state index contributed by atoms with van der Waals surface area (Å²) in [5.74, 6) is -1.98. The van der Waals surface area contributed by atoms with Crippen LogP contribution in [0.25, 0.3) is 0 Å². The molecule has 586 valence electrons. The summed E-state index contributed by atoms with van der Waals surface area (Å²) in [6.45, 7) is 4.81. The number of esters is 2. The topological polar surface area (TPSA) is 108 Å². The van der Waals surface area contributed by atoms with Crippen LogP contribution in [0.4, 0.5) is 0 Å². The van der Waals surface area contributed by atoms with Crippen molar-refractivity contribution in [3.05, 3.63) is 97.2 Å². The number of hydrogen-bond donors (Lipinski definition) is 1. The van der Waals surface area contributed by atoms with Gasteiger partial charge >= 0.3 is 17.9 Å². The van der Waals surface area contributed by atoms with E-state index in [0.29, 0.717) is 17.4 Å². The molecule has 0 aliphatic heterocycles. The Bertz CT molecular complexity index is 1990. The molecule has 0 bridgehead atoms. The van der Waals surface area contributed by atoms with Gasteiger partial charge in [-0.05, 0) is 96.3 Å². The normalized spacial score (nSPS) is 13.1. The third kappa shape index (κ3) is 83.4. The summed E-state index contributed by atoms with van der Waals surface area (Å²) in [4.78, 5) is 37.8. The molecule has 0 spiro atoms. The minimum absolute atomic E-state index is 0.178. The second-order valence-electron chi connectivity index (χ2n) is 30.5. The lowest BCUT2D eigenvalue weighted by atomic mass is 10.0. The van der Waals surface area contributed by atoms with E-state index in [2.05, 4.69) is 111 Å². The Kier molecular flexibility index (Phi) is 78.8. The first kappa shape index (κ1) is 97.2. The van der Waals surface area contributed by atoms with Crippen LogP contribution in [0.2, 0.25) is 0 Å². The second-order valence-corrected chi connectivity index (χ2v) is 30.5. The number of rotatable bonds is 81. The maximum Gasteiger partial charge on any atom is 0.361 e. The number of carboxylic acid groups (broad SMARTS) is 1. The SMILES string of the molecule is CC/C=C\C/C=C\C/C=C\C/C=C\C/C=C\C/C=C\CCCCCCCCCCCCCCCCCCCCCCC(=O)OC(COC(=O)CCCCCCCCCCCCCCCCCCCCCCCCCCC/C=C\C/C=C\CCCCCCC)COC(OCC[N+](C)(C)C)C(=O)O. The van der Waals surface area contributed by atoms with Crippen LogP contribution < -0.4 is 0 Å². The highest BCUT2D eigenvalue weighted by molar-refractivity contribution is 5.71. The van der Waals surface area contributed by atoms with E-state index in [1.54, 1.807) is 0 Å². The number of nitrogens with zero attached hydrogens (tertiary/aromatic N) is 1. The van der Waals surface area contributed by atoms with Crippen molar-refractivity contribution in [2.45, 2.75) is 424 Å². The van der Waals surface area contributed by atoms with E-state index < -0.39 is 18.4 Å². The zero-order valence-electron chi connectivity index (χ0n) is 67.3. The van der Waals surface area contributed by atoms with Crippen molar-refractivity contribution in [1.82, 2.24) is 0 Å². The summed E-state index contributed by atoms with van der Waals surface area (Å²) in [7, 11) is 6.00. The molecule has 0 rings (SSSR count). The quantitative estimate of drug-likeness (QED) is 0.0211. The smallest absolute Gasteiger partial charge is 0.361 e. The molecule has 0 aromatic heterocycles. The molecule has 0 radical (unpaired) electrons. The van der Waals surface area contributed by atoms with Crippen LogP contribution in [-0.2, 0) is 33.3 Å². The zero-order valence-corrected chi connectivity index (χ0v) is 67.3. The molecule has 1 N–H and O–H groups in total. The molecule has 9 heteroatoms. The van der Waals surface area contributed by atoms with Gasteiger partial charge in [-0.25, -0.2) is 4.79 Å². The molecule has 0 aromatic rings. The highest BCUT2D eigenvalue weighted by Gasteiger charge is 2.25. The molecule has 0 fully saturated rings. The largest absolute Gasteiger partial charge is 0.477 e. The van der Waals surface area contributed by atoms with Gasteiger partial charge in [-0.1, -0.05) is 400 Å². The summed E-state index contributed by atoms with van der Waals surface area (Å²) in [6.07, 6.45) is 112. The van der Waals surface area contributed by atoms with E-state index in [1.165, 1.54) is 302 Å². The van der Waals surface area contributed by atoms with Gasteiger partial charge in [0.15, 0.2) is 6.10 Å². The lowest BCUT2D eigenvalue weighted by Gasteiger charge is -2.25. The van der Waals surface area contributed by atoms with E-state index >= 15 is 0 Å². The van der Waals surface area contributed by atoms with E-state index in [4.69, 9.17) is 18.9 Å². The summed E-state index contributed by atoms with van der Waals surface area (Å²) < 4.78 is 23.1. The van der Waals surface area contributed by atoms with E-state index in [0.717, 1.165) is 83.5 Å². The Balaban J connectivity index is 3.94. The van der Waals surface area contributed by atoms with E-state index in [9.17, 15) is 19.5 Å². The first-order valence-corrected chi connectivity index (χ1v) is 43.4. The number of allylic oxidation sites excluding steroid dienone is 16. The average Bonchev–Trinajstić information content (AvgIpc) is 1.21. The molecule has 0 aliphatic carbocycles. The fourth-order valence-electron chi connectivity index (χ4n) is 12.8. The lowest BCUT2D eigenvalue weighted by Crippen LogP contribution is -2.40. The molecular weight excluding hydrogens is 1250 g/mol. The molecule has 0 amide bonds. The molecule has 0 saturated heterocycles. The molecule has 9 nitrogen and oxygen atoms in total. The number of ether oxygens (including phenoxy) is 4. The lowest BCUT2D eigenvalue weighted by molar-refractivity contribution is -0.870. The van der Waals surface area contributed by atoms with E-state index in [-0.39, 0.29) is 38.2 Å². The van der Waals surface area contributed by atoms with Crippen LogP contribution in [0.5, 0.6) is 0 Å². The summed E-state index contributed by atoms with van der Waals surface area (Å²) in [5.41, 5.74) is 0. The van der Waals surface area contributed by atoms with Crippen LogP contribution in [0.3, 0.4) is 0 Å². The molecule has 0 aromatic carbocycles. The number of carbonyl (C=O) groups excluding carboxylic acids is 2. The number of hydrogen-bond acceptors (Lipinski definition) is 7. The monoisotopic (exact) mass is 1410 g/mol. The van der Waals surface area contributed by atoms with Gasteiger partial charge in [0.05, 0.1) is 34.4 Å². The fourth-order valence-corrected chi connectivity index (χ4v) is 12.8. The Hall–Kier alpha value is -3.79. The van der Waals surface area contributed by atoms with Crippen LogP contribution >= 0.6 is 0 Å². The fraction of sp³-hybridized carbons (Fsp3) is 0.793. The maximum absolute atomic E-state index is 13.0. The van der Waals surface area contributed by atoms with Crippen molar-refractivity contribution >= 4 is 17.9 Å². The van der Waals surface area contributed by atoms with Gasteiger partial charge < -0.3 is 28.5 Å². The Morgan fingerprint density at radius 1 is 0.307 bits per heavy atom. The van der Waals surface area contributed by atoms with Crippen LogP contribution in [0.1, 0.15) is 412 Å². The second kappa shape index (κ2) is 81.9. The first-order chi connectivity index (χ1) is 49.6. The van der Waals surface area contributed by atoms with Gasteiger partial charge in [0.25, 0.3) is 6.29 Å². The molecule has 0 saturated carbocycles. The van der Waals surface area contributed by atoms with E-state index in [1.807, 2.05) is 21.1 Å². The van der Waals surface area contributed by atoms with Crippen LogP contribution in [0, 0.1) is 0 Å². The molecule has 0 heterocycles. The summed E-state index contributed by atoms with van der Waals surface area (Å²) >= 11 is 0. The number of aliphatic carboxylic acids is 1. The van der Waals surface area contributed by atoms with Gasteiger partial charge in [-0.3, -0.25) is 9.59 Å². The highest BCUT2D eigenvalue weighted by atomic mass is 16.7. The van der Waals surface area contributed by atoms with Gasteiger partial charge in [-0.2, -0.15) is 0 Å². The van der Waals surface area contributed by atoms with Gasteiger partial charge in [0.2, 0.25) is 0 Å². The number of carbonyl (C=O) groups is 3. The standard InChI is InChI=1S/C92H165NO8/c1-6-8-10-12-14-16-18-20-22-24-26-28-30-32-34-36-38-40-42-44-45-47-49-51-53-55-57-59-61-63-65-67-69-71-73-75-77-79-81-83-90(95)101-88(87-100-92(91(96)97)98-85-84-93(3,4)5)86-99-89(94)82-80-78-76-74-72-70-68-66-64-62-60-58-56-54-52-50-48-46-43-41-39-37-35-33-31-29-27-25-23-21-19-17-15-13-11-9-7-2/h8,10,14,16,19-22,25-28,32,34,38,40,88,92H,6-7,9,11-13,15,17-18,23-24,29-31,33,35-37,39,41-87H2,1-5H3/p+1/b10-8-,16-14-,21-19-,22-20-,27-25-,28-26-,34-32-,40-38-. The van der Waals surface area contributed by atoms with Crippen LogP contribution in [-0.4, -0.2) is 87.4 Å². The number of unbranched alkanes of at least 4 members (excludes halogenated alkanes) is 50. The van der Waals surface area contributed by atoms with Crippen molar-refractivity contribution in [1.29, 1.82) is 0 Å². The minimum Gasteiger partial charge on any atom is -0.477 e. The minimum atomic E-state index is -1.51. The number of quaternary nitrogens is 1. The summed E-state index contributed by atoms with van der Waals surface area (Å²) in [6, 6.07) is 0. The van der Waals surface area contributed by atoms with Gasteiger partial charge in [-0.15, -0.1) is 0 Å². The zero-order chi connectivity index (χ0) is 73.2. The van der Waals surface area contributed by atoms with Crippen molar-refractivity contribution in [2.75, 3.05) is 47.5 Å². The van der Waals surface area contributed by atoms with Crippen molar-refractivity contribution < 1.29 is 42.9 Å². The Labute approximate surface area is 626 Å². The third-order valence-electron chi connectivity index (χ3n) is 19.3. The molecule has 0 aliphatic rings. The van der Waals surface area contributed by atoms with Crippen molar-refractivity contribution in [3.63, 3.8) is 0 Å². The first-order valence-electron chi connectivity index (χ1n) is 43.4. The molecular formula is C92H166NO8+. The molecule has 2 unspecified atom stereocenters. The van der Waals surface area contributed by atoms with Crippen molar-refractivity contribution in [2.24, 2.45) is 0 Å². The average molecular weight is 1410 g/mol. The third-order valence-corrected chi connectivity index (χ3v) is 19.3. The summed E-state index contributed by atoms with van der Waals surface area (Å²) in [5, 5.41) is 9.79. The van der Waals surface area contributed by atoms with Crippen LogP contribution in [0.15, 0.2) is 97.2 Å². The predicted molar refractivity (Wildman–Crippen MR) is 438 cm³/mol. The Morgan fingerprint density at radius 2 is 0.564 bits per heavy atom. The molecule has 2 atom stereocenters. The molecule has 101 heavy (non-hydrogen) atoms. The van der Waals surface area contributed by atoms with Crippen molar-refractivity contribution in [3.8, 4) is 0 Å².